The normalized spacial score (nSPS) is 15.7. The van der Waals surface area contributed by atoms with E-state index in [2.05, 4.69) is 10.8 Å². The van der Waals surface area contributed by atoms with Gasteiger partial charge in [-0.3, -0.25) is 14.4 Å². The summed E-state index contributed by atoms with van der Waals surface area (Å²) in [6.45, 7) is 3.31. The van der Waals surface area contributed by atoms with E-state index in [0.29, 0.717) is 5.06 Å². The van der Waals surface area contributed by atoms with Crippen molar-refractivity contribution in [1.29, 1.82) is 0 Å². The Kier molecular flexibility index (Phi) is 5.08. The van der Waals surface area contributed by atoms with E-state index < -0.39 is 30.0 Å². The Morgan fingerprint density at radius 3 is 2.25 bits per heavy atom. The molecule has 1 unspecified atom stereocenters. The van der Waals surface area contributed by atoms with Gasteiger partial charge in [0.25, 0.3) is 11.8 Å². The van der Waals surface area contributed by atoms with Crippen molar-refractivity contribution < 1.29 is 33.9 Å². The van der Waals surface area contributed by atoms with Crippen LogP contribution < -0.4 is 0 Å². The third kappa shape index (κ3) is 4.28. The van der Waals surface area contributed by atoms with Crippen molar-refractivity contribution in [2.24, 2.45) is 5.92 Å². The number of carbonyl (C=O) groups is 4. The highest BCUT2D eigenvalue weighted by Gasteiger charge is 2.34. The van der Waals surface area contributed by atoms with Crippen LogP contribution in [0.4, 0.5) is 4.79 Å². The smallest absolute Gasteiger partial charge is 0.472 e. The SMILES string of the molecule is CC(C)C(C#CC(=O)O)OC(=O)ON1C(=O)CCC1=O. The Balaban J connectivity index is 2.63. The maximum atomic E-state index is 11.4. The molecule has 0 radical (unpaired) electrons. The van der Waals surface area contributed by atoms with Gasteiger partial charge < -0.3 is 9.84 Å². The molecule has 1 heterocycles. The summed E-state index contributed by atoms with van der Waals surface area (Å²) in [5.74, 6) is 1.14. The third-order valence-corrected chi connectivity index (χ3v) is 2.32. The first-order chi connectivity index (χ1) is 9.31. The fourth-order valence-electron chi connectivity index (χ4n) is 1.32. The zero-order chi connectivity index (χ0) is 15.3. The lowest BCUT2D eigenvalue weighted by molar-refractivity contribution is -0.178. The number of hydrogen-bond donors (Lipinski definition) is 1. The van der Waals surface area contributed by atoms with E-state index in [0.717, 1.165) is 0 Å². The summed E-state index contributed by atoms with van der Waals surface area (Å²) in [6, 6.07) is 0. The molecule has 0 aromatic heterocycles. The van der Waals surface area contributed by atoms with Gasteiger partial charge in [-0.2, -0.15) is 0 Å². The zero-order valence-corrected chi connectivity index (χ0v) is 10.9. The number of amides is 2. The van der Waals surface area contributed by atoms with Crippen molar-refractivity contribution in [3.8, 4) is 11.8 Å². The van der Waals surface area contributed by atoms with E-state index in [1.807, 2.05) is 5.92 Å². The Morgan fingerprint density at radius 1 is 1.25 bits per heavy atom. The molecule has 2 amide bonds. The Labute approximate surface area is 114 Å². The number of hydroxylamine groups is 2. The number of carboxylic acid groups (broad SMARTS) is 1. The highest BCUT2D eigenvalue weighted by molar-refractivity contribution is 6.01. The van der Waals surface area contributed by atoms with E-state index in [1.165, 1.54) is 0 Å². The largest absolute Gasteiger partial charge is 0.535 e. The quantitative estimate of drug-likeness (QED) is 0.451. The molecule has 1 rings (SSSR count). The molecule has 1 fully saturated rings. The zero-order valence-electron chi connectivity index (χ0n) is 10.9. The molecule has 1 saturated heterocycles. The van der Waals surface area contributed by atoms with E-state index in [9.17, 15) is 19.2 Å². The summed E-state index contributed by atoms with van der Waals surface area (Å²) in [5.41, 5.74) is 0. The van der Waals surface area contributed by atoms with Crippen LogP contribution >= 0.6 is 0 Å². The molecular weight excluding hydrogens is 270 g/mol. The minimum atomic E-state index is -1.36. The van der Waals surface area contributed by atoms with Crippen molar-refractivity contribution in [3.63, 3.8) is 0 Å². The topological polar surface area (TPSA) is 110 Å². The minimum Gasteiger partial charge on any atom is -0.472 e. The second kappa shape index (κ2) is 6.56. The molecule has 8 nitrogen and oxygen atoms in total. The fourth-order valence-corrected chi connectivity index (χ4v) is 1.32. The molecule has 0 spiro atoms. The van der Waals surface area contributed by atoms with Crippen molar-refractivity contribution in [2.45, 2.75) is 32.8 Å². The summed E-state index contributed by atoms with van der Waals surface area (Å²) in [6.07, 6.45) is -2.37. The highest BCUT2D eigenvalue weighted by atomic mass is 16.8. The first-order valence-corrected chi connectivity index (χ1v) is 5.80. The molecule has 1 aliphatic heterocycles. The highest BCUT2D eigenvalue weighted by Crippen LogP contribution is 2.14. The van der Waals surface area contributed by atoms with Gasteiger partial charge in [-0.1, -0.05) is 18.9 Å². The lowest BCUT2D eigenvalue weighted by atomic mass is 10.1. The maximum absolute atomic E-state index is 11.4. The number of imide groups is 1. The van der Waals surface area contributed by atoms with E-state index in [-0.39, 0.29) is 18.8 Å². The average molecular weight is 283 g/mol. The fraction of sp³-hybridized carbons (Fsp3) is 0.500. The Morgan fingerprint density at radius 2 is 1.80 bits per heavy atom. The standard InChI is InChI=1S/C12H13NO7/c1-7(2)8(3-6-11(16)17)19-12(18)20-13-9(14)4-5-10(13)15/h7-8H,4-5H2,1-2H3,(H,16,17). The average Bonchev–Trinajstić information content (AvgIpc) is 2.65. The molecule has 1 atom stereocenters. The first-order valence-electron chi connectivity index (χ1n) is 5.80. The van der Waals surface area contributed by atoms with Crippen molar-refractivity contribution in [2.75, 3.05) is 0 Å². The molecule has 108 valence electrons. The van der Waals surface area contributed by atoms with E-state index in [1.54, 1.807) is 13.8 Å². The van der Waals surface area contributed by atoms with Crippen LogP contribution in [-0.2, 0) is 24.0 Å². The Hall–Kier alpha value is -2.56. The third-order valence-electron chi connectivity index (χ3n) is 2.32. The summed E-state index contributed by atoms with van der Waals surface area (Å²) >= 11 is 0. The monoisotopic (exact) mass is 283 g/mol. The van der Waals surface area contributed by atoms with Crippen LogP contribution in [0.2, 0.25) is 0 Å². The van der Waals surface area contributed by atoms with Gasteiger partial charge in [0.2, 0.25) is 0 Å². The number of rotatable bonds is 3. The molecule has 0 bridgehead atoms. The van der Waals surface area contributed by atoms with Gasteiger partial charge in [0.15, 0.2) is 6.10 Å². The van der Waals surface area contributed by atoms with Gasteiger partial charge >= 0.3 is 12.1 Å². The van der Waals surface area contributed by atoms with Gasteiger partial charge in [0.1, 0.15) is 0 Å². The number of nitrogens with zero attached hydrogens (tertiary/aromatic N) is 1. The first kappa shape index (κ1) is 15.5. The summed E-state index contributed by atoms with van der Waals surface area (Å²) < 4.78 is 4.78. The second-order valence-corrected chi connectivity index (χ2v) is 4.28. The van der Waals surface area contributed by atoms with Crippen LogP contribution in [0.5, 0.6) is 0 Å². The maximum Gasteiger partial charge on any atom is 0.535 e. The Bertz CT molecular complexity index is 484. The molecule has 0 aromatic carbocycles. The molecule has 0 aromatic rings. The van der Waals surface area contributed by atoms with Crippen LogP contribution in [0, 0.1) is 17.8 Å². The minimum absolute atomic E-state index is 0.0292. The van der Waals surface area contributed by atoms with Gasteiger partial charge in [0.05, 0.1) is 0 Å². The van der Waals surface area contributed by atoms with Crippen LogP contribution in [0.3, 0.4) is 0 Å². The van der Waals surface area contributed by atoms with Gasteiger partial charge in [-0.15, -0.1) is 0 Å². The van der Waals surface area contributed by atoms with Crippen LogP contribution in [0.15, 0.2) is 0 Å². The van der Waals surface area contributed by atoms with Crippen LogP contribution in [0.1, 0.15) is 26.7 Å². The summed E-state index contributed by atoms with van der Waals surface area (Å²) in [4.78, 5) is 48.7. The van der Waals surface area contributed by atoms with Gasteiger partial charge in [0, 0.05) is 24.7 Å². The van der Waals surface area contributed by atoms with Crippen molar-refractivity contribution >= 4 is 23.9 Å². The van der Waals surface area contributed by atoms with Crippen molar-refractivity contribution in [1.82, 2.24) is 5.06 Å². The molecule has 0 saturated carbocycles. The number of carboxylic acids is 1. The summed E-state index contributed by atoms with van der Waals surface area (Å²) in [5, 5.41) is 8.77. The lowest BCUT2D eigenvalue weighted by Gasteiger charge is -2.17. The molecule has 1 N–H and O–H groups in total. The van der Waals surface area contributed by atoms with E-state index >= 15 is 0 Å². The number of carbonyl (C=O) groups excluding carboxylic acids is 3. The van der Waals surface area contributed by atoms with Crippen LogP contribution in [0.25, 0.3) is 0 Å². The second-order valence-electron chi connectivity index (χ2n) is 4.28. The van der Waals surface area contributed by atoms with Gasteiger partial charge in [-0.25, -0.2) is 9.59 Å². The molecular formula is C12H13NO7. The predicted octanol–water partition coefficient (Wildman–Crippen LogP) is 0.316. The van der Waals surface area contributed by atoms with E-state index in [4.69, 9.17) is 9.84 Å². The number of aliphatic carboxylic acids is 1. The lowest BCUT2D eigenvalue weighted by Crippen LogP contribution is -2.34. The molecule has 1 aliphatic rings. The summed E-state index contributed by atoms with van der Waals surface area (Å²) in [7, 11) is 0. The van der Waals surface area contributed by atoms with Gasteiger partial charge in [-0.05, 0) is 5.92 Å². The van der Waals surface area contributed by atoms with Crippen molar-refractivity contribution in [3.05, 3.63) is 0 Å². The van der Waals surface area contributed by atoms with Crippen LogP contribution in [-0.4, -0.2) is 40.2 Å². The molecule has 0 aliphatic carbocycles. The molecule has 8 heteroatoms. The number of hydrogen-bond acceptors (Lipinski definition) is 6. The number of ether oxygens (including phenoxy) is 1. The predicted molar refractivity (Wildman–Crippen MR) is 62.7 cm³/mol. The molecule has 20 heavy (non-hydrogen) atoms.